The molecule has 3 N–H and O–H groups in total. The molecule has 0 radical (unpaired) electrons. The zero-order chi connectivity index (χ0) is 16.7. The summed E-state index contributed by atoms with van der Waals surface area (Å²) in [5.41, 5.74) is 0. The SMILES string of the molecule is CNS(=O)(=O)c1ccc(S(=O)(=O)NC2CC3CCC(C2)N3)cc1. The van der Waals surface area contributed by atoms with Crippen molar-refractivity contribution in [2.24, 2.45) is 0 Å². The molecular formula is C14H21N3O4S2. The predicted molar refractivity (Wildman–Crippen MR) is 86.0 cm³/mol. The van der Waals surface area contributed by atoms with E-state index < -0.39 is 20.0 Å². The molecule has 2 aliphatic heterocycles. The van der Waals surface area contributed by atoms with Gasteiger partial charge in [0.05, 0.1) is 9.79 Å². The standard InChI is InChI=1S/C14H21N3O4S2/c1-15-22(18,19)13-4-6-14(7-5-13)23(20,21)17-12-8-10-2-3-11(9-12)16-10/h4-7,10-12,15-17H,2-3,8-9H2,1H3. The summed E-state index contributed by atoms with van der Waals surface area (Å²) in [5, 5.41) is 3.47. The molecule has 2 aliphatic rings. The number of fused-ring (bicyclic) bond motifs is 2. The molecule has 2 heterocycles. The second-order valence-corrected chi connectivity index (χ2v) is 9.71. The third kappa shape index (κ3) is 3.58. The fourth-order valence-electron chi connectivity index (χ4n) is 3.36. The van der Waals surface area contributed by atoms with Crippen LogP contribution >= 0.6 is 0 Å². The Bertz CT molecular complexity index is 763. The summed E-state index contributed by atoms with van der Waals surface area (Å²) in [6, 6.07) is 5.96. The van der Waals surface area contributed by atoms with E-state index in [-0.39, 0.29) is 15.8 Å². The summed E-state index contributed by atoms with van der Waals surface area (Å²) in [4.78, 5) is 0.122. The molecule has 0 saturated carbocycles. The zero-order valence-corrected chi connectivity index (χ0v) is 14.5. The van der Waals surface area contributed by atoms with Crippen LogP contribution in [-0.2, 0) is 20.0 Å². The number of benzene rings is 1. The van der Waals surface area contributed by atoms with E-state index >= 15 is 0 Å². The average Bonchev–Trinajstić information content (AvgIpc) is 2.86. The smallest absolute Gasteiger partial charge is 0.240 e. The van der Waals surface area contributed by atoms with Crippen molar-refractivity contribution in [3.63, 3.8) is 0 Å². The Morgan fingerprint density at radius 2 is 1.39 bits per heavy atom. The molecule has 0 aliphatic carbocycles. The van der Waals surface area contributed by atoms with Crippen LogP contribution in [0.25, 0.3) is 0 Å². The van der Waals surface area contributed by atoms with Gasteiger partial charge >= 0.3 is 0 Å². The Balaban J connectivity index is 1.75. The molecule has 1 aromatic rings. The first-order valence-electron chi connectivity index (χ1n) is 7.62. The molecule has 3 rings (SSSR count). The largest absolute Gasteiger partial charge is 0.311 e. The molecule has 2 unspecified atom stereocenters. The van der Waals surface area contributed by atoms with Gasteiger partial charge in [0.25, 0.3) is 0 Å². The van der Waals surface area contributed by atoms with E-state index in [2.05, 4.69) is 14.8 Å². The number of hydrogen-bond acceptors (Lipinski definition) is 5. The van der Waals surface area contributed by atoms with E-state index in [1.807, 2.05) is 0 Å². The molecular weight excluding hydrogens is 338 g/mol. The van der Waals surface area contributed by atoms with Gasteiger partial charge in [-0.05, 0) is 57.0 Å². The lowest BCUT2D eigenvalue weighted by molar-refractivity contribution is 0.345. The first kappa shape index (κ1) is 16.8. The molecule has 23 heavy (non-hydrogen) atoms. The van der Waals surface area contributed by atoms with Crippen LogP contribution in [0.15, 0.2) is 34.1 Å². The van der Waals surface area contributed by atoms with Gasteiger partial charge in [0.15, 0.2) is 0 Å². The maximum atomic E-state index is 12.5. The quantitative estimate of drug-likeness (QED) is 0.694. The highest BCUT2D eigenvalue weighted by molar-refractivity contribution is 7.90. The van der Waals surface area contributed by atoms with Gasteiger partial charge in [-0.25, -0.2) is 26.3 Å². The van der Waals surface area contributed by atoms with E-state index in [9.17, 15) is 16.8 Å². The lowest BCUT2D eigenvalue weighted by Crippen LogP contribution is -2.47. The average molecular weight is 359 g/mol. The van der Waals surface area contributed by atoms with E-state index in [0.29, 0.717) is 12.1 Å². The van der Waals surface area contributed by atoms with Crippen molar-refractivity contribution >= 4 is 20.0 Å². The van der Waals surface area contributed by atoms with Crippen molar-refractivity contribution in [1.29, 1.82) is 0 Å². The van der Waals surface area contributed by atoms with E-state index in [1.165, 1.54) is 31.3 Å². The van der Waals surface area contributed by atoms with Gasteiger partial charge in [0.2, 0.25) is 20.0 Å². The molecule has 1 aromatic carbocycles. The minimum atomic E-state index is -3.64. The van der Waals surface area contributed by atoms with Crippen molar-refractivity contribution in [2.75, 3.05) is 7.05 Å². The normalized spacial score (nSPS) is 28.0. The third-order valence-electron chi connectivity index (χ3n) is 4.51. The molecule has 2 atom stereocenters. The number of hydrogen-bond donors (Lipinski definition) is 3. The zero-order valence-electron chi connectivity index (χ0n) is 12.8. The fourth-order valence-corrected chi connectivity index (χ4v) is 5.35. The molecule has 7 nitrogen and oxygen atoms in total. The summed E-state index contributed by atoms with van der Waals surface area (Å²) >= 11 is 0. The molecule has 2 saturated heterocycles. The number of sulfonamides is 2. The Kier molecular flexibility index (Phi) is 4.49. The Hall–Kier alpha value is -1.00. The number of piperidine rings is 1. The van der Waals surface area contributed by atoms with Crippen LogP contribution in [0.3, 0.4) is 0 Å². The van der Waals surface area contributed by atoms with Crippen molar-refractivity contribution in [3.05, 3.63) is 24.3 Å². The van der Waals surface area contributed by atoms with Crippen LogP contribution in [0.4, 0.5) is 0 Å². The van der Waals surface area contributed by atoms with Crippen LogP contribution in [0.2, 0.25) is 0 Å². The molecule has 2 bridgehead atoms. The molecule has 9 heteroatoms. The maximum Gasteiger partial charge on any atom is 0.240 e. The summed E-state index contributed by atoms with van der Waals surface area (Å²) in [7, 11) is -5.90. The minimum Gasteiger partial charge on any atom is -0.311 e. The summed E-state index contributed by atoms with van der Waals surface area (Å²) in [5.74, 6) is 0. The van der Waals surface area contributed by atoms with Crippen LogP contribution in [0.1, 0.15) is 25.7 Å². The van der Waals surface area contributed by atoms with Crippen molar-refractivity contribution in [3.8, 4) is 0 Å². The maximum absolute atomic E-state index is 12.5. The second kappa shape index (κ2) is 6.14. The summed E-state index contributed by atoms with van der Waals surface area (Å²) < 4.78 is 53.2. The topological polar surface area (TPSA) is 104 Å². The Morgan fingerprint density at radius 1 is 0.913 bits per heavy atom. The van der Waals surface area contributed by atoms with Crippen molar-refractivity contribution in [2.45, 2.75) is 53.6 Å². The van der Waals surface area contributed by atoms with Gasteiger partial charge in [-0.15, -0.1) is 0 Å². The van der Waals surface area contributed by atoms with Gasteiger partial charge in [-0.3, -0.25) is 0 Å². The first-order valence-corrected chi connectivity index (χ1v) is 10.6. The predicted octanol–water partition coefficient (Wildman–Crippen LogP) is 0.156. The van der Waals surface area contributed by atoms with Gasteiger partial charge in [-0.1, -0.05) is 0 Å². The lowest BCUT2D eigenvalue weighted by atomic mass is 10.0. The Morgan fingerprint density at radius 3 is 1.87 bits per heavy atom. The van der Waals surface area contributed by atoms with Crippen LogP contribution in [-0.4, -0.2) is 42.0 Å². The van der Waals surface area contributed by atoms with Crippen molar-refractivity contribution in [1.82, 2.24) is 14.8 Å². The molecule has 0 aromatic heterocycles. The van der Waals surface area contributed by atoms with E-state index in [1.54, 1.807) is 0 Å². The van der Waals surface area contributed by atoms with Crippen LogP contribution in [0.5, 0.6) is 0 Å². The van der Waals surface area contributed by atoms with E-state index in [4.69, 9.17) is 0 Å². The molecule has 0 amide bonds. The van der Waals surface area contributed by atoms with Gasteiger partial charge in [0, 0.05) is 18.1 Å². The number of nitrogens with one attached hydrogen (secondary N) is 3. The van der Waals surface area contributed by atoms with Gasteiger partial charge < -0.3 is 5.32 Å². The van der Waals surface area contributed by atoms with Gasteiger partial charge in [-0.2, -0.15) is 0 Å². The molecule has 0 spiro atoms. The van der Waals surface area contributed by atoms with Crippen molar-refractivity contribution < 1.29 is 16.8 Å². The lowest BCUT2D eigenvalue weighted by Gasteiger charge is -2.29. The third-order valence-corrected chi connectivity index (χ3v) is 7.47. The monoisotopic (exact) mass is 359 g/mol. The first-order chi connectivity index (χ1) is 10.8. The minimum absolute atomic E-state index is 0.0406. The number of rotatable bonds is 5. The Labute approximate surface area is 137 Å². The summed E-state index contributed by atoms with van der Waals surface area (Å²) in [6.45, 7) is 0. The molecule has 2 fully saturated rings. The van der Waals surface area contributed by atoms with E-state index in [0.717, 1.165) is 25.7 Å². The van der Waals surface area contributed by atoms with Crippen LogP contribution in [0, 0.1) is 0 Å². The fraction of sp³-hybridized carbons (Fsp3) is 0.571. The van der Waals surface area contributed by atoms with Gasteiger partial charge in [0.1, 0.15) is 0 Å². The van der Waals surface area contributed by atoms with Crippen LogP contribution < -0.4 is 14.8 Å². The second-order valence-electron chi connectivity index (χ2n) is 6.11. The molecule has 128 valence electrons. The summed E-state index contributed by atoms with van der Waals surface area (Å²) in [6.07, 6.45) is 3.78. The highest BCUT2D eigenvalue weighted by atomic mass is 32.2. The highest BCUT2D eigenvalue weighted by Gasteiger charge is 2.35. The highest BCUT2D eigenvalue weighted by Crippen LogP contribution is 2.27.